The molecule has 6 heteroatoms. The van der Waals surface area contributed by atoms with Crippen LogP contribution >= 0.6 is 11.6 Å². The van der Waals surface area contributed by atoms with E-state index in [2.05, 4.69) is 23.8 Å². The highest BCUT2D eigenvalue weighted by molar-refractivity contribution is 6.32. The van der Waals surface area contributed by atoms with Crippen LogP contribution in [-0.2, 0) is 6.42 Å². The first-order chi connectivity index (χ1) is 15.5. The molecular formula is C26H27ClN2O3. The molecule has 32 heavy (non-hydrogen) atoms. The summed E-state index contributed by atoms with van der Waals surface area (Å²) >= 11 is 6.59. The van der Waals surface area contributed by atoms with Crippen molar-refractivity contribution in [2.24, 2.45) is 0 Å². The zero-order valence-corrected chi connectivity index (χ0v) is 18.9. The molecule has 5 rings (SSSR count). The van der Waals surface area contributed by atoms with Gasteiger partial charge in [-0.1, -0.05) is 23.4 Å². The van der Waals surface area contributed by atoms with Crippen LogP contribution in [0, 0.1) is 11.8 Å². The Hall–Kier alpha value is -2.52. The summed E-state index contributed by atoms with van der Waals surface area (Å²) in [6.07, 6.45) is 5.51. The Morgan fingerprint density at radius 2 is 1.94 bits per heavy atom. The van der Waals surface area contributed by atoms with E-state index in [9.17, 15) is 4.79 Å². The van der Waals surface area contributed by atoms with Crippen molar-refractivity contribution in [1.29, 1.82) is 0 Å². The van der Waals surface area contributed by atoms with Gasteiger partial charge in [-0.3, -0.25) is 4.79 Å². The quantitative estimate of drug-likeness (QED) is 0.721. The second-order valence-electron chi connectivity index (χ2n) is 8.92. The standard InChI is InChI=1S/C26H27ClN2O3/c1-28-19-5-6-20(28)15-22(14-19)32-25-9-7-21(16-24(25)27)29-11-10-18-13-17(3-2-12-30)4-8-23(18)26(29)31/h4,7-9,13,16,19-20,22,30H,5-6,10-12,14-15H2,1H3/t19-,20+,22?. The average Bonchev–Trinajstić information content (AvgIpc) is 2.99. The van der Waals surface area contributed by atoms with E-state index in [0.717, 1.165) is 36.1 Å². The van der Waals surface area contributed by atoms with Crippen molar-refractivity contribution in [3.8, 4) is 17.6 Å². The topological polar surface area (TPSA) is 53.0 Å². The van der Waals surface area contributed by atoms with Gasteiger partial charge in [0.25, 0.3) is 5.91 Å². The molecule has 2 saturated heterocycles. The van der Waals surface area contributed by atoms with Gasteiger partial charge < -0.3 is 19.6 Å². The van der Waals surface area contributed by atoms with Crippen LogP contribution in [0.1, 0.15) is 47.2 Å². The number of fused-ring (bicyclic) bond motifs is 3. The van der Waals surface area contributed by atoms with E-state index in [-0.39, 0.29) is 18.6 Å². The van der Waals surface area contributed by atoms with Gasteiger partial charge in [-0.05, 0) is 81.1 Å². The van der Waals surface area contributed by atoms with Crippen LogP contribution in [0.25, 0.3) is 0 Å². The lowest BCUT2D eigenvalue weighted by Crippen LogP contribution is -2.43. The molecule has 5 nitrogen and oxygen atoms in total. The fraction of sp³-hybridized carbons (Fsp3) is 0.423. The van der Waals surface area contributed by atoms with Crippen LogP contribution in [0.5, 0.6) is 5.75 Å². The second kappa shape index (κ2) is 8.78. The van der Waals surface area contributed by atoms with Crippen LogP contribution in [0.2, 0.25) is 5.02 Å². The molecule has 3 aliphatic heterocycles. The molecular weight excluding hydrogens is 424 g/mol. The number of piperidine rings is 1. The van der Waals surface area contributed by atoms with E-state index in [0.29, 0.717) is 35.0 Å². The minimum atomic E-state index is -0.177. The average molecular weight is 451 g/mol. The zero-order valence-electron chi connectivity index (χ0n) is 18.2. The number of rotatable bonds is 3. The van der Waals surface area contributed by atoms with Gasteiger partial charge in [-0.15, -0.1) is 0 Å². The summed E-state index contributed by atoms with van der Waals surface area (Å²) in [4.78, 5) is 17.4. The van der Waals surface area contributed by atoms with Crippen LogP contribution in [-0.4, -0.2) is 54.3 Å². The van der Waals surface area contributed by atoms with Gasteiger partial charge >= 0.3 is 0 Å². The van der Waals surface area contributed by atoms with Crippen LogP contribution in [0.3, 0.4) is 0 Å². The summed E-state index contributed by atoms with van der Waals surface area (Å²) in [7, 11) is 2.22. The summed E-state index contributed by atoms with van der Waals surface area (Å²) in [5, 5.41) is 9.43. The molecule has 3 atom stereocenters. The van der Waals surface area contributed by atoms with Crippen LogP contribution in [0.15, 0.2) is 36.4 Å². The molecule has 0 aliphatic carbocycles. The monoisotopic (exact) mass is 450 g/mol. The minimum absolute atomic E-state index is 0.0375. The fourth-order valence-electron chi connectivity index (χ4n) is 5.34. The molecule has 166 valence electrons. The van der Waals surface area contributed by atoms with Crippen molar-refractivity contribution in [2.45, 2.75) is 50.3 Å². The van der Waals surface area contributed by atoms with E-state index in [4.69, 9.17) is 21.4 Å². The third-order valence-corrected chi connectivity index (χ3v) is 7.37. The first kappa shape index (κ1) is 21.3. The number of amides is 1. The van der Waals surface area contributed by atoms with Gasteiger partial charge in [0.15, 0.2) is 0 Å². The Bertz CT molecular complexity index is 1090. The second-order valence-corrected chi connectivity index (χ2v) is 9.32. The highest BCUT2D eigenvalue weighted by Gasteiger charge is 2.39. The van der Waals surface area contributed by atoms with Gasteiger partial charge in [-0.2, -0.15) is 0 Å². The van der Waals surface area contributed by atoms with Gasteiger partial charge in [0, 0.05) is 35.4 Å². The van der Waals surface area contributed by atoms with Crippen molar-refractivity contribution in [3.63, 3.8) is 0 Å². The van der Waals surface area contributed by atoms with Crippen molar-refractivity contribution in [2.75, 3.05) is 25.1 Å². The molecule has 1 unspecified atom stereocenters. The smallest absolute Gasteiger partial charge is 0.258 e. The summed E-state index contributed by atoms with van der Waals surface area (Å²) < 4.78 is 6.29. The lowest BCUT2D eigenvalue weighted by atomic mass is 9.96. The van der Waals surface area contributed by atoms with Crippen LogP contribution < -0.4 is 9.64 Å². The van der Waals surface area contributed by atoms with Gasteiger partial charge in [0.05, 0.1) is 5.02 Å². The number of carbonyl (C=O) groups is 1. The third-order valence-electron chi connectivity index (χ3n) is 7.07. The van der Waals surface area contributed by atoms with E-state index in [1.54, 1.807) is 4.90 Å². The Kier molecular flexibility index (Phi) is 5.86. The molecule has 2 bridgehead atoms. The number of anilines is 1. The molecule has 2 fully saturated rings. The molecule has 0 aromatic heterocycles. The summed E-state index contributed by atoms with van der Waals surface area (Å²) in [6, 6.07) is 12.5. The maximum Gasteiger partial charge on any atom is 0.258 e. The molecule has 2 aromatic rings. The third kappa shape index (κ3) is 3.99. The molecule has 2 aromatic carbocycles. The number of hydrogen-bond acceptors (Lipinski definition) is 4. The first-order valence-electron chi connectivity index (χ1n) is 11.3. The van der Waals surface area contributed by atoms with E-state index in [1.165, 1.54) is 12.8 Å². The predicted molar refractivity (Wildman–Crippen MR) is 125 cm³/mol. The van der Waals surface area contributed by atoms with Crippen molar-refractivity contribution in [3.05, 3.63) is 58.1 Å². The number of carbonyl (C=O) groups excluding carboxylic acids is 1. The summed E-state index contributed by atoms with van der Waals surface area (Å²) in [6.45, 7) is 0.404. The highest BCUT2D eigenvalue weighted by Crippen LogP contribution is 2.38. The Morgan fingerprint density at radius 1 is 1.16 bits per heavy atom. The Labute approximate surface area is 193 Å². The zero-order chi connectivity index (χ0) is 22.2. The van der Waals surface area contributed by atoms with Gasteiger partial charge in [0.2, 0.25) is 0 Å². The SMILES string of the molecule is CN1[C@@H]2CC[C@H]1CC(Oc1ccc(N3CCc4cc(C#CCO)ccc4C3=O)cc1Cl)C2. The number of ether oxygens (including phenoxy) is 1. The highest BCUT2D eigenvalue weighted by atomic mass is 35.5. The minimum Gasteiger partial charge on any atom is -0.489 e. The van der Waals surface area contributed by atoms with Crippen LogP contribution in [0.4, 0.5) is 5.69 Å². The van der Waals surface area contributed by atoms with Gasteiger partial charge in [0.1, 0.15) is 18.5 Å². The number of nitrogens with zero attached hydrogens (tertiary/aromatic N) is 2. The lowest BCUT2D eigenvalue weighted by Gasteiger charge is -2.36. The molecule has 0 saturated carbocycles. The van der Waals surface area contributed by atoms with Crippen molar-refractivity contribution >= 4 is 23.2 Å². The van der Waals surface area contributed by atoms with E-state index < -0.39 is 0 Å². The number of benzene rings is 2. The molecule has 0 radical (unpaired) electrons. The largest absolute Gasteiger partial charge is 0.489 e. The molecule has 1 N–H and O–H groups in total. The molecule has 0 spiro atoms. The predicted octanol–water partition coefficient (Wildman–Crippen LogP) is 3.89. The molecule has 3 aliphatic rings. The first-order valence-corrected chi connectivity index (χ1v) is 11.6. The Morgan fingerprint density at radius 3 is 2.66 bits per heavy atom. The molecule has 1 amide bonds. The maximum atomic E-state index is 13.1. The normalized spacial score (nSPS) is 24.7. The number of aliphatic hydroxyl groups excluding tert-OH is 1. The van der Waals surface area contributed by atoms with Crippen molar-refractivity contribution < 1.29 is 14.6 Å². The maximum absolute atomic E-state index is 13.1. The van der Waals surface area contributed by atoms with E-state index in [1.807, 2.05) is 36.4 Å². The summed E-state index contributed by atoms with van der Waals surface area (Å²) in [5.41, 5.74) is 3.26. The number of halogens is 1. The van der Waals surface area contributed by atoms with Gasteiger partial charge in [-0.25, -0.2) is 0 Å². The number of hydrogen-bond donors (Lipinski definition) is 1. The van der Waals surface area contributed by atoms with E-state index >= 15 is 0 Å². The van der Waals surface area contributed by atoms with Crippen molar-refractivity contribution in [1.82, 2.24) is 4.90 Å². The number of aliphatic hydroxyl groups is 1. The molecule has 3 heterocycles. The Balaban J connectivity index is 1.31. The fourth-order valence-corrected chi connectivity index (χ4v) is 5.56. The lowest BCUT2D eigenvalue weighted by molar-refractivity contribution is 0.0662. The summed E-state index contributed by atoms with van der Waals surface area (Å²) in [5.74, 6) is 6.21.